The van der Waals surface area contributed by atoms with E-state index in [1.807, 2.05) is 24.3 Å². The number of nitrogens with zero attached hydrogens (tertiary/aromatic N) is 2. The summed E-state index contributed by atoms with van der Waals surface area (Å²) in [5.74, 6) is -1.93. The first-order valence-electron chi connectivity index (χ1n) is 8.13. The van der Waals surface area contributed by atoms with Crippen LogP contribution in [0.2, 0.25) is 10.0 Å². The Morgan fingerprint density at radius 2 is 1.00 bits per heavy atom. The van der Waals surface area contributed by atoms with Crippen molar-refractivity contribution in [3.05, 3.63) is 91.7 Å². The highest BCUT2D eigenvalue weighted by Crippen LogP contribution is 2.22. The van der Waals surface area contributed by atoms with Crippen molar-refractivity contribution in [2.75, 3.05) is 0 Å². The second-order valence-corrected chi connectivity index (χ2v) is 7.92. The number of thiophene rings is 2. The lowest BCUT2D eigenvalue weighted by molar-refractivity contribution is 0.0691. The Kier molecular flexibility index (Phi) is 9.43. The summed E-state index contributed by atoms with van der Waals surface area (Å²) in [4.78, 5) is 28.7. The van der Waals surface area contributed by atoms with Crippen LogP contribution in [0.1, 0.15) is 19.3 Å². The lowest BCUT2D eigenvalue weighted by atomic mass is 10.1. The van der Waals surface area contributed by atoms with Gasteiger partial charge in [-0.1, -0.05) is 23.2 Å². The van der Waals surface area contributed by atoms with Crippen molar-refractivity contribution in [1.82, 2.24) is 9.97 Å². The van der Waals surface area contributed by atoms with Gasteiger partial charge in [-0.15, -0.1) is 22.7 Å². The highest BCUT2D eigenvalue weighted by molar-refractivity contribution is 7.13. The maximum absolute atomic E-state index is 10.2. The molecular formula is C20H14Cl2N2O4S2. The Hall–Kier alpha value is -2.78. The van der Waals surface area contributed by atoms with Crippen molar-refractivity contribution in [2.45, 2.75) is 0 Å². The van der Waals surface area contributed by atoms with E-state index >= 15 is 0 Å². The molecule has 0 saturated heterocycles. The average Bonchev–Trinajstić information content (AvgIpc) is 3.38. The Bertz CT molecular complexity index is 999. The van der Waals surface area contributed by atoms with Crippen molar-refractivity contribution in [3.8, 4) is 11.1 Å². The molecule has 0 aliphatic heterocycles. The van der Waals surface area contributed by atoms with Crippen LogP contribution in [0.25, 0.3) is 11.1 Å². The normalized spacial score (nSPS) is 9.53. The van der Waals surface area contributed by atoms with Crippen molar-refractivity contribution < 1.29 is 19.8 Å². The van der Waals surface area contributed by atoms with Gasteiger partial charge in [0.25, 0.3) is 0 Å². The maximum atomic E-state index is 10.2. The Morgan fingerprint density at radius 1 is 0.667 bits per heavy atom. The number of rotatable bonds is 3. The second kappa shape index (κ2) is 12.0. The van der Waals surface area contributed by atoms with Crippen molar-refractivity contribution in [1.29, 1.82) is 0 Å². The van der Waals surface area contributed by atoms with Crippen LogP contribution in [-0.2, 0) is 0 Å². The fraction of sp³-hybridized carbons (Fsp3) is 0. The monoisotopic (exact) mass is 480 g/mol. The van der Waals surface area contributed by atoms with Crippen LogP contribution in [-0.4, -0.2) is 32.1 Å². The van der Waals surface area contributed by atoms with E-state index in [-0.39, 0.29) is 9.75 Å². The van der Waals surface area contributed by atoms with E-state index in [2.05, 4.69) is 9.97 Å². The molecule has 0 fully saturated rings. The van der Waals surface area contributed by atoms with Gasteiger partial charge in [-0.25, -0.2) is 9.59 Å². The molecule has 6 nitrogen and oxygen atoms in total. The number of carboxylic acids is 2. The number of carbonyl (C=O) groups is 2. The number of aromatic carboxylic acids is 2. The summed E-state index contributed by atoms with van der Waals surface area (Å²) in [5, 5.41) is 20.7. The number of carboxylic acid groups (broad SMARTS) is 2. The summed E-state index contributed by atoms with van der Waals surface area (Å²) in [7, 11) is 0. The molecule has 0 aromatic carbocycles. The number of halogens is 2. The van der Waals surface area contributed by atoms with Crippen molar-refractivity contribution in [3.63, 3.8) is 0 Å². The second-order valence-electron chi connectivity index (χ2n) is 5.28. The number of aromatic nitrogens is 2. The van der Waals surface area contributed by atoms with Crippen LogP contribution >= 0.6 is 45.9 Å². The molecule has 4 aromatic rings. The smallest absolute Gasteiger partial charge is 0.347 e. The highest BCUT2D eigenvalue weighted by atomic mass is 35.5. The standard InChI is InChI=1S/C10H8N2.2C5H3ClO2S/c1-5-11-6-2-9(1)10-3-7-12-8-4-10;2*6-3-1-2-9-4(3)5(7)8/h1-8H;2*1-2H,(H,7,8). The SMILES string of the molecule is O=C(O)c1sccc1Cl.O=C(O)c1sccc1Cl.c1cc(-c2ccncc2)ccn1. The summed E-state index contributed by atoms with van der Waals surface area (Å²) in [6.45, 7) is 0. The molecule has 0 spiro atoms. The first kappa shape index (κ1) is 23.5. The molecule has 0 saturated carbocycles. The van der Waals surface area contributed by atoms with Crippen LogP contribution in [0.3, 0.4) is 0 Å². The molecule has 0 unspecified atom stereocenters. The zero-order valence-electron chi connectivity index (χ0n) is 15.1. The minimum Gasteiger partial charge on any atom is -0.477 e. The zero-order valence-corrected chi connectivity index (χ0v) is 18.3. The molecule has 0 aliphatic rings. The molecule has 0 bridgehead atoms. The van der Waals surface area contributed by atoms with Crippen LogP contribution in [0.4, 0.5) is 0 Å². The molecule has 0 aliphatic carbocycles. The minimum atomic E-state index is -0.963. The topological polar surface area (TPSA) is 100 Å². The van der Waals surface area contributed by atoms with E-state index < -0.39 is 11.9 Å². The van der Waals surface area contributed by atoms with Gasteiger partial charge in [0.05, 0.1) is 10.0 Å². The molecule has 4 heterocycles. The lowest BCUT2D eigenvalue weighted by Crippen LogP contribution is -1.91. The van der Waals surface area contributed by atoms with Crippen LogP contribution < -0.4 is 0 Å². The molecule has 154 valence electrons. The van der Waals surface area contributed by atoms with Crippen molar-refractivity contribution >= 4 is 57.8 Å². The van der Waals surface area contributed by atoms with E-state index in [0.717, 1.165) is 22.7 Å². The Labute approximate surface area is 190 Å². The zero-order chi connectivity index (χ0) is 21.9. The van der Waals surface area contributed by atoms with Gasteiger partial charge >= 0.3 is 11.9 Å². The van der Waals surface area contributed by atoms with Crippen LogP contribution in [0.5, 0.6) is 0 Å². The third kappa shape index (κ3) is 7.23. The number of hydrogen-bond donors (Lipinski definition) is 2. The van der Waals surface area contributed by atoms with Gasteiger partial charge in [0.15, 0.2) is 0 Å². The summed E-state index contributed by atoms with van der Waals surface area (Å²) in [6.07, 6.45) is 7.15. The number of hydrogen-bond acceptors (Lipinski definition) is 6. The Morgan fingerprint density at radius 3 is 1.20 bits per heavy atom. The summed E-state index contributed by atoms with van der Waals surface area (Å²) in [6, 6.07) is 11.1. The van der Waals surface area contributed by atoms with Gasteiger partial charge in [-0.3, -0.25) is 9.97 Å². The molecule has 0 atom stereocenters. The summed E-state index contributed by atoms with van der Waals surface area (Å²) >= 11 is 13.2. The molecule has 30 heavy (non-hydrogen) atoms. The first-order valence-corrected chi connectivity index (χ1v) is 10.6. The molecule has 2 N–H and O–H groups in total. The van der Waals surface area contributed by atoms with Gasteiger partial charge in [0, 0.05) is 24.8 Å². The third-order valence-corrected chi connectivity index (χ3v) is 5.98. The average molecular weight is 481 g/mol. The molecule has 4 rings (SSSR count). The van der Waals surface area contributed by atoms with Crippen LogP contribution in [0, 0.1) is 0 Å². The van der Waals surface area contributed by atoms with Gasteiger partial charge in [-0.2, -0.15) is 0 Å². The van der Waals surface area contributed by atoms with E-state index in [1.165, 1.54) is 11.1 Å². The quantitative estimate of drug-likeness (QED) is 0.354. The fourth-order valence-electron chi connectivity index (χ4n) is 1.98. The van der Waals surface area contributed by atoms with Gasteiger partial charge in [0.2, 0.25) is 0 Å². The Balaban J connectivity index is 0.000000163. The molecule has 10 heteroatoms. The van der Waals surface area contributed by atoms with E-state index in [1.54, 1.807) is 47.7 Å². The molecule has 4 aromatic heterocycles. The van der Waals surface area contributed by atoms with Crippen molar-refractivity contribution in [2.24, 2.45) is 0 Å². The summed E-state index contributed by atoms with van der Waals surface area (Å²) < 4.78 is 0. The van der Waals surface area contributed by atoms with E-state index in [4.69, 9.17) is 33.4 Å². The summed E-state index contributed by atoms with van der Waals surface area (Å²) in [5.41, 5.74) is 2.35. The van der Waals surface area contributed by atoms with Gasteiger partial charge < -0.3 is 10.2 Å². The third-order valence-electron chi connectivity index (χ3n) is 3.32. The minimum absolute atomic E-state index is 0.205. The lowest BCUT2D eigenvalue weighted by Gasteiger charge is -1.97. The van der Waals surface area contributed by atoms with Gasteiger partial charge in [-0.05, 0) is 58.3 Å². The predicted octanol–water partition coefficient (Wildman–Crippen LogP) is 6.34. The first-order chi connectivity index (χ1) is 14.4. The van der Waals surface area contributed by atoms with Gasteiger partial charge in [0.1, 0.15) is 9.75 Å². The number of pyridine rings is 2. The highest BCUT2D eigenvalue weighted by Gasteiger charge is 2.08. The van der Waals surface area contributed by atoms with E-state index in [9.17, 15) is 9.59 Å². The molecule has 0 radical (unpaired) electrons. The van der Waals surface area contributed by atoms with Crippen LogP contribution in [0.15, 0.2) is 71.9 Å². The fourth-order valence-corrected chi connectivity index (χ4v) is 3.93. The largest absolute Gasteiger partial charge is 0.477 e. The maximum Gasteiger partial charge on any atom is 0.347 e. The molecular weight excluding hydrogens is 467 g/mol. The molecule has 0 amide bonds. The van der Waals surface area contributed by atoms with E-state index in [0.29, 0.717) is 10.0 Å². The predicted molar refractivity (Wildman–Crippen MR) is 120 cm³/mol.